The van der Waals surface area contributed by atoms with E-state index < -0.39 is 0 Å². The Morgan fingerprint density at radius 3 is 2.77 bits per heavy atom. The molecule has 4 nitrogen and oxygen atoms in total. The molecule has 0 saturated carbocycles. The fourth-order valence-electron chi connectivity index (χ4n) is 2.42. The van der Waals surface area contributed by atoms with Gasteiger partial charge in [0.05, 0.1) is 21.5 Å². The first-order valence-electron chi connectivity index (χ1n) is 6.96. The largest absolute Gasteiger partial charge is 0.333 e. The molecule has 1 amide bonds. The Kier molecular flexibility index (Phi) is 4.25. The Hall–Kier alpha value is -1.37. The lowest BCUT2D eigenvalue weighted by molar-refractivity contribution is 0.0759. The van der Waals surface area contributed by atoms with Crippen LogP contribution in [0.4, 0.5) is 0 Å². The molecular formula is C15H16ClN3OS2. The number of thiophene rings is 2. The van der Waals surface area contributed by atoms with E-state index >= 15 is 0 Å². The van der Waals surface area contributed by atoms with Gasteiger partial charge >= 0.3 is 0 Å². The van der Waals surface area contributed by atoms with Gasteiger partial charge in [0, 0.05) is 23.9 Å². The highest BCUT2D eigenvalue weighted by atomic mass is 35.5. The zero-order valence-electron chi connectivity index (χ0n) is 12.6. The first-order valence-corrected chi connectivity index (χ1v) is 8.97. The van der Waals surface area contributed by atoms with E-state index in [9.17, 15) is 4.79 Å². The summed E-state index contributed by atoms with van der Waals surface area (Å²) in [5, 5.41) is 5.44. The lowest BCUT2D eigenvalue weighted by atomic mass is 10.3. The van der Waals surface area contributed by atoms with Gasteiger partial charge in [-0.2, -0.15) is 5.10 Å². The number of amides is 1. The molecular weight excluding hydrogens is 338 g/mol. The van der Waals surface area contributed by atoms with Crippen molar-refractivity contribution in [1.29, 1.82) is 0 Å². The summed E-state index contributed by atoms with van der Waals surface area (Å²) in [5.74, 6) is 0.0626. The average Bonchev–Trinajstić information content (AvgIpc) is 3.15. The summed E-state index contributed by atoms with van der Waals surface area (Å²) >= 11 is 8.98. The number of halogens is 1. The molecule has 7 heteroatoms. The maximum Gasteiger partial charge on any atom is 0.264 e. The first-order chi connectivity index (χ1) is 10.5. The lowest BCUT2D eigenvalue weighted by Crippen LogP contribution is -2.29. The molecule has 0 spiro atoms. The number of nitrogens with zero attached hydrogens (tertiary/aromatic N) is 3. The summed E-state index contributed by atoms with van der Waals surface area (Å²) in [6.45, 7) is 5.22. The minimum absolute atomic E-state index is 0.0626. The fourth-order valence-corrected chi connectivity index (χ4v) is 4.61. The predicted molar refractivity (Wildman–Crippen MR) is 93.1 cm³/mol. The Labute approximate surface area is 141 Å². The van der Waals surface area contributed by atoms with Crippen molar-refractivity contribution in [3.8, 4) is 0 Å². The van der Waals surface area contributed by atoms with Crippen molar-refractivity contribution in [3.63, 3.8) is 0 Å². The SMILES string of the molecule is CCN(Cc1ccc(Cl)s1)C(=O)c1cc2c(C)nn(C)c2s1. The Balaban J connectivity index is 1.87. The second-order valence-corrected chi connectivity index (χ2v) is 7.89. The highest BCUT2D eigenvalue weighted by Gasteiger charge is 2.20. The lowest BCUT2D eigenvalue weighted by Gasteiger charge is -2.19. The third-order valence-electron chi connectivity index (χ3n) is 3.55. The normalized spacial score (nSPS) is 11.3. The van der Waals surface area contributed by atoms with Crippen molar-refractivity contribution in [2.24, 2.45) is 7.05 Å². The smallest absolute Gasteiger partial charge is 0.264 e. The zero-order valence-corrected chi connectivity index (χ0v) is 15.0. The molecule has 22 heavy (non-hydrogen) atoms. The van der Waals surface area contributed by atoms with Gasteiger partial charge in [0.2, 0.25) is 0 Å². The number of fused-ring (bicyclic) bond motifs is 1. The molecule has 0 N–H and O–H groups in total. The number of aryl methyl sites for hydroxylation is 2. The quantitative estimate of drug-likeness (QED) is 0.700. The molecule has 116 valence electrons. The molecule has 0 aromatic carbocycles. The van der Waals surface area contributed by atoms with Gasteiger partial charge in [-0.3, -0.25) is 9.48 Å². The van der Waals surface area contributed by atoms with Crippen LogP contribution in [0, 0.1) is 6.92 Å². The zero-order chi connectivity index (χ0) is 15.9. The molecule has 0 atom stereocenters. The number of hydrogen-bond donors (Lipinski definition) is 0. The van der Waals surface area contributed by atoms with E-state index in [0.29, 0.717) is 13.1 Å². The minimum atomic E-state index is 0.0626. The van der Waals surface area contributed by atoms with Crippen molar-refractivity contribution in [3.05, 3.63) is 38.0 Å². The van der Waals surface area contributed by atoms with Gasteiger partial charge in [0.25, 0.3) is 5.91 Å². The monoisotopic (exact) mass is 353 g/mol. The van der Waals surface area contributed by atoms with Gasteiger partial charge in [-0.1, -0.05) is 11.6 Å². The number of hydrogen-bond acceptors (Lipinski definition) is 4. The van der Waals surface area contributed by atoms with E-state index in [1.807, 2.05) is 48.7 Å². The molecule has 3 heterocycles. The Morgan fingerprint density at radius 2 is 2.18 bits per heavy atom. The van der Waals surface area contributed by atoms with E-state index in [1.54, 1.807) is 0 Å². The van der Waals surface area contributed by atoms with Crippen LogP contribution in [-0.2, 0) is 13.6 Å². The van der Waals surface area contributed by atoms with Gasteiger partial charge < -0.3 is 4.90 Å². The molecule has 0 aliphatic rings. The van der Waals surface area contributed by atoms with Crippen LogP contribution in [0.25, 0.3) is 10.2 Å². The van der Waals surface area contributed by atoms with Crippen LogP contribution >= 0.6 is 34.3 Å². The van der Waals surface area contributed by atoms with Crippen molar-refractivity contribution in [1.82, 2.24) is 14.7 Å². The maximum atomic E-state index is 12.8. The standard InChI is InChI=1S/C15H16ClN3OS2/c1-4-19(8-10-5-6-13(16)21-10)14(20)12-7-11-9(2)17-18(3)15(11)22-12/h5-7H,4,8H2,1-3H3. The third kappa shape index (κ3) is 2.78. The second-order valence-electron chi connectivity index (χ2n) is 5.06. The summed E-state index contributed by atoms with van der Waals surface area (Å²) in [6, 6.07) is 5.80. The molecule has 0 saturated heterocycles. The van der Waals surface area contributed by atoms with Crippen LogP contribution in [0.2, 0.25) is 4.34 Å². The topological polar surface area (TPSA) is 38.1 Å². The van der Waals surface area contributed by atoms with Crippen molar-refractivity contribution in [2.75, 3.05) is 6.54 Å². The van der Waals surface area contributed by atoms with Crippen LogP contribution in [0.15, 0.2) is 18.2 Å². The molecule has 0 unspecified atom stereocenters. The van der Waals surface area contributed by atoms with Crippen LogP contribution in [0.3, 0.4) is 0 Å². The highest BCUT2D eigenvalue weighted by molar-refractivity contribution is 7.20. The fraction of sp³-hybridized carbons (Fsp3) is 0.333. The number of carbonyl (C=O) groups excluding carboxylic acids is 1. The van der Waals surface area contributed by atoms with Crippen molar-refractivity contribution in [2.45, 2.75) is 20.4 Å². The molecule has 0 aliphatic carbocycles. The van der Waals surface area contributed by atoms with E-state index in [-0.39, 0.29) is 5.91 Å². The Bertz CT molecular complexity index is 799. The maximum absolute atomic E-state index is 12.8. The van der Waals surface area contributed by atoms with Gasteiger partial charge in [0.1, 0.15) is 4.83 Å². The van der Waals surface area contributed by atoms with Gasteiger partial charge in [-0.25, -0.2) is 0 Å². The van der Waals surface area contributed by atoms with Crippen molar-refractivity contribution < 1.29 is 4.79 Å². The first kappa shape index (κ1) is 15.5. The van der Waals surface area contributed by atoms with E-state index in [2.05, 4.69) is 5.10 Å². The van der Waals surface area contributed by atoms with Gasteiger partial charge in [0.15, 0.2) is 0 Å². The van der Waals surface area contributed by atoms with Crippen LogP contribution in [0.1, 0.15) is 27.2 Å². The van der Waals surface area contributed by atoms with Crippen LogP contribution < -0.4 is 0 Å². The second kappa shape index (κ2) is 6.02. The molecule has 0 aliphatic heterocycles. The van der Waals surface area contributed by atoms with Gasteiger partial charge in [-0.05, 0) is 32.0 Å². The number of aromatic nitrogens is 2. The highest BCUT2D eigenvalue weighted by Crippen LogP contribution is 2.29. The van der Waals surface area contributed by atoms with Crippen LogP contribution in [0.5, 0.6) is 0 Å². The average molecular weight is 354 g/mol. The van der Waals surface area contributed by atoms with E-state index in [4.69, 9.17) is 11.6 Å². The summed E-state index contributed by atoms with van der Waals surface area (Å²) in [7, 11) is 1.91. The van der Waals surface area contributed by atoms with Crippen LogP contribution in [-0.4, -0.2) is 27.1 Å². The summed E-state index contributed by atoms with van der Waals surface area (Å²) in [5.41, 5.74) is 0.959. The third-order valence-corrected chi connectivity index (χ3v) is 5.96. The van der Waals surface area contributed by atoms with Gasteiger partial charge in [-0.15, -0.1) is 22.7 Å². The number of carbonyl (C=O) groups is 1. The molecule has 3 rings (SSSR count). The van der Waals surface area contributed by atoms with E-state index in [1.165, 1.54) is 22.7 Å². The molecule has 0 bridgehead atoms. The van der Waals surface area contributed by atoms with E-state index in [0.717, 1.165) is 30.0 Å². The van der Waals surface area contributed by atoms with Crippen molar-refractivity contribution >= 4 is 50.4 Å². The summed E-state index contributed by atoms with van der Waals surface area (Å²) in [4.78, 5) is 17.5. The molecule has 3 aromatic rings. The molecule has 3 aromatic heterocycles. The minimum Gasteiger partial charge on any atom is -0.333 e. The molecule has 0 fully saturated rings. The number of rotatable bonds is 4. The molecule has 0 radical (unpaired) electrons. The summed E-state index contributed by atoms with van der Waals surface area (Å²) in [6.07, 6.45) is 0. The predicted octanol–water partition coefficient (Wildman–Crippen LogP) is 4.32. The Morgan fingerprint density at radius 1 is 1.41 bits per heavy atom. The summed E-state index contributed by atoms with van der Waals surface area (Å²) < 4.78 is 2.59.